The zero-order valence-electron chi connectivity index (χ0n) is 11.2. The lowest BCUT2D eigenvalue weighted by Gasteiger charge is -2.13. The summed E-state index contributed by atoms with van der Waals surface area (Å²) >= 11 is 0. The molecule has 0 aliphatic carbocycles. The highest BCUT2D eigenvalue weighted by Gasteiger charge is 2.05. The van der Waals surface area contributed by atoms with E-state index in [1.54, 1.807) is 0 Å². The zero-order valence-corrected chi connectivity index (χ0v) is 11.2. The van der Waals surface area contributed by atoms with Crippen LogP contribution in [-0.4, -0.2) is 13.2 Å². The summed E-state index contributed by atoms with van der Waals surface area (Å²) in [5.74, 6) is 1.02. The average Bonchev–Trinajstić information content (AvgIpc) is 2.30. The molecule has 1 rings (SSSR count). The molecule has 2 nitrogen and oxygen atoms in total. The van der Waals surface area contributed by atoms with Crippen LogP contribution in [0.25, 0.3) is 0 Å². The Morgan fingerprint density at radius 3 is 2.47 bits per heavy atom. The van der Waals surface area contributed by atoms with Crippen molar-refractivity contribution in [1.29, 1.82) is 0 Å². The van der Waals surface area contributed by atoms with Gasteiger partial charge >= 0.3 is 0 Å². The van der Waals surface area contributed by atoms with E-state index in [1.807, 2.05) is 6.08 Å². The van der Waals surface area contributed by atoms with Gasteiger partial charge in [-0.15, -0.1) is 6.58 Å². The van der Waals surface area contributed by atoms with Crippen LogP contribution in [0.4, 0.5) is 0 Å². The zero-order chi connectivity index (χ0) is 12.7. The Kier molecular flexibility index (Phi) is 5.78. The highest BCUT2D eigenvalue weighted by Crippen LogP contribution is 2.25. The van der Waals surface area contributed by atoms with Gasteiger partial charge in [-0.25, -0.2) is 0 Å². The van der Waals surface area contributed by atoms with Crippen LogP contribution >= 0.6 is 0 Å². The Hall–Kier alpha value is -1.28. The fourth-order valence-electron chi connectivity index (χ4n) is 1.88. The number of nitrogens with one attached hydrogen (secondary N) is 1. The van der Waals surface area contributed by atoms with E-state index in [1.165, 1.54) is 16.7 Å². The Morgan fingerprint density at radius 2 is 1.94 bits per heavy atom. The summed E-state index contributed by atoms with van der Waals surface area (Å²) in [7, 11) is 0. The number of hydrogen-bond acceptors (Lipinski definition) is 2. The molecule has 0 radical (unpaired) electrons. The Bertz CT molecular complexity index is 348. The summed E-state index contributed by atoms with van der Waals surface area (Å²) in [6.45, 7) is 12.6. The maximum atomic E-state index is 5.78. The van der Waals surface area contributed by atoms with Crippen LogP contribution in [0.15, 0.2) is 24.8 Å². The van der Waals surface area contributed by atoms with E-state index in [-0.39, 0.29) is 0 Å². The lowest BCUT2D eigenvalue weighted by atomic mass is 10.1. The molecule has 0 spiro atoms. The minimum absolute atomic E-state index is 0.706. The SMILES string of the molecule is C=CCCOc1c(C)cc(CNCC)cc1C. The Balaban J connectivity index is 2.75. The molecule has 0 fully saturated rings. The molecule has 0 aliphatic rings. The molecule has 2 heteroatoms. The van der Waals surface area contributed by atoms with Gasteiger partial charge < -0.3 is 10.1 Å². The molecule has 0 aromatic heterocycles. The van der Waals surface area contributed by atoms with Crippen LogP contribution < -0.4 is 10.1 Å². The molecule has 0 heterocycles. The molecule has 0 bridgehead atoms. The smallest absolute Gasteiger partial charge is 0.125 e. The van der Waals surface area contributed by atoms with E-state index in [2.05, 4.69) is 44.8 Å². The topological polar surface area (TPSA) is 21.3 Å². The van der Waals surface area contributed by atoms with Gasteiger partial charge in [0, 0.05) is 6.54 Å². The van der Waals surface area contributed by atoms with E-state index in [4.69, 9.17) is 4.74 Å². The summed E-state index contributed by atoms with van der Waals surface area (Å²) in [5, 5.41) is 3.34. The second-order valence-electron chi connectivity index (χ2n) is 4.26. The minimum atomic E-state index is 0.706. The standard InChI is InChI=1S/C15H23NO/c1-5-7-8-17-15-12(3)9-14(10-13(15)4)11-16-6-2/h5,9-10,16H,1,6-8,11H2,2-4H3. The maximum Gasteiger partial charge on any atom is 0.125 e. The van der Waals surface area contributed by atoms with Crippen molar-refractivity contribution < 1.29 is 4.74 Å². The van der Waals surface area contributed by atoms with Gasteiger partial charge in [-0.1, -0.05) is 25.1 Å². The predicted molar refractivity (Wildman–Crippen MR) is 73.6 cm³/mol. The maximum absolute atomic E-state index is 5.78. The third-order valence-electron chi connectivity index (χ3n) is 2.67. The molecule has 94 valence electrons. The van der Waals surface area contributed by atoms with Crippen molar-refractivity contribution in [2.24, 2.45) is 0 Å². The highest BCUT2D eigenvalue weighted by atomic mass is 16.5. The largest absolute Gasteiger partial charge is 0.493 e. The van der Waals surface area contributed by atoms with Gasteiger partial charge in [0.1, 0.15) is 5.75 Å². The van der Waals surface area contributed by atoms with Crippen LogP contribution in [0.3, 0.4) is 0 Å². The van der Waals surface area contributed by atoms with Crippen molar-refractivity contribution in [2.45, 2.75) is 33.7 Å². The molecular formula is C15H23NO. The fourth-order valence-corrected chi connectivity index (χ4v) is 1.88. The van der Waals surface area contributed by atoms with Crippen LogP contribution in [0, 0.1) is 13.8 Å². The quantitative estimate of drug-likeness (QED) is 0.576. The second-order valence-corrected chi connectivity index (χ2v) is 4.26. The summed E-state index contributed by atoms with van der Waals surface area (Å²) in [6.07, 6.45) is 2.77. The van der Waals surface area contributed by atoms with Gasteiger partial charge in [0.05, 0.1) is 6.61 Å². The summed E-state index contributed by atoms with van der Waals surface area (Å²) in [6, 6.07) is 4.39. The number of aryl methyl sites for hydroxylation is 2. The van der Waals surface area contributed by atoms with E-state index < -0.39 is 0 Å². The van der Waals surface area contributed by atoms with Crippen molar-refractivity contribution in [3.8, 4) is 5.75 Å². The van der Waals surface area contributed by atoms with Crippen LogP contribution in [0.1, 0.15) is 30.0 Å². The summed E-state index contributed by atoms with van der Waals surface area (Å²) in [5.41, 5.74) is 3.74. The molecule has 0 amide bonds. The molecule has 1 N–H and O–H groups in total. The van der Waals surface area contributed by atoms with Crippen molar-refractivity contribution in [2.75, 3.05) is 13.2 Å². The van der Waals surface area contributed by atoms with Gasteiger partial charge in [0.15, 0.2) is 0 Å². The van der Waals surface area contributed by atoms with E-state index >= 15 is 0 Å². The molecule has 0 saturated carbocycles. The normalized spacial score (nSPS) is 10.3. The van der Waals surface area contributed by atoms with Gasteiger partial charge in [0.2, 0.25) is 0 Å². The summed E-state index contributed by atoms with van der Waals surface area (Å²) in [4.78, 5) is 0. The molecule has 1 aromatic carbocycles. The van der Waals surface area contributed by atoms with Crippen LogP contribution in [0.5, 0.6) is 5.75 Å². The first-order chi connectivity index (χ1) is 8.19. The Labute approximate surface area is 105 Å². The summed E-state index contributed by atoms with van der Waals surface area (Å²) < 4.78 is 5.78. The highest BCUT2D eigenvalue weighted by molar-refractivity contribution is 5.43. The van der Waals surface area contributed by atoms with Gasteiger partial charge in [0.25, 0.3) is 0 Å². The predicted octanol–water partition coefficient (Wildman–Crippen LogP) is 3.37. The minimum Gasteiger partial charge on any atom is -0.493 e. The first kappa shape index (κ1) is 13.8. The first-order valence-corrected chi connectivity index (χ1v) is 6.23. The lowest BCUT2D eigenvalue weighted by Crippen LogP contribution is -2.12. The number of ether oxygens (including phenoxy) is 1. The average molecular weight is 233 g/mol. The molecule has 17 heavy (non-hydrogen) atoms. The van der Waals surface area contributed by atoms with E-state index in [0.29, 0.717) is 6.61 Å². The number of benzene rings is 1. The van der Waals surface area contributed by atoms with Gasteiger partial charge in [-0.3, -0.25) is 0 Å². The first-order valence-electron chi connectivity index (χ1n) is 6.23. The van der Waals surface area contributed by atoms with Gasteiger partial charge in [-0.2, -0.15) is 0 Å². The lowest BCUT2D eigenvalue weighted by molar-refractivity contribution is 0.320. The molecule has 0 unspecified atom stereocenters. The van der Waals surface area contributed by atoms with Crippen molar-refractivity contribution in [1.82, 2.24) is 5.32 Å². The molecule has 0 aliphatic heterocycles. The monoisotopic (exact) mass is 233 g/mol. The molecule has 0 saturated heterocycles. The van der Waals surface area contributed by atoms with Crippen molar-refractivity contribution >= 4 is 0 Å². The van der Waals surface area contributed by atoms with Crippen molar-refractivity contribution in [3.63, 3.8) is 0 Å². The third-order valence-corrected chi connectivity index (χ3v) is 2.67. The third kappa shape index (κ3) is 4.23. The van der Waals surface area contributed by atoms with Crippen LogP contribution in [0.2, 0.25) is 0 Å². The molecule has 0 atom stereocenters. The fraction of sp³-hybridized carbons (Fsp3) is 0.467. The van der Waals surface area contributed by atoms with E-state index in [0.717, 1.165) is 25.3 Å². The number of rotatable bonds is 7. The van der Waals surface area contributed by atoms with E-state index in [9.17, 15) is 0 Å². The number of hydrogen-bond donors (Lipinski definition) is 1. The Morgan fingerprint density at radius 1 is 1.29 bits per heavy atom. The second kappa shape index (κ2) is 7.13. The van der Waals surface area contributed by atoms with Crippen molar-refractivity contribution in [3.05, 3.63) is 41.5 Å². The molecular weight excluding hydrogens is 210 g/mol. The molecule has 1 aromatic rings. The van der Waals surface area contributed by atoms with Crippen LogP contribution in [-0.2, 0) is 6.54 Å². The van der Waals surface area contributed by atoms with Gasteiger partial charge in [-0.05, 0) is 43.5 Å².